The first-order valence-electron chi connectivity index (χ1n) is 6.84. The average molecular weight is 274 g/mol. The Morgan fingerprint density at radius 1 is 1.20 bits per heavy atom. The largest absolute Gasteiger partial charge is 0.378 e. The summed E-state index contributed by atoms with van der Waals surface area (Å²) in [7, 11) is 4.01. The average Bonchev–Trinajstić information content (AvgIpc) is 2.87. The molecule has 2 rings (SSSR count). The van der Waals surface area contributed by atoms with Gasteiger partial charge in [0.15, 0.2) is 0 Å². The second-order valence-corrected chi connectivity index (χ2v) is 5.63. The van der Waals surface area contributed by atoms with Crippen LogP contribution in [0.5, 0.6) is 0 Å². The lowest BCUT2D eigenvalue weighted by atomic mass is 10.0. The van der Waals surface area contributed by atoms with Crippen molar-refractivity contribution in [3.63, 3.8) is 0 Å². The number of nitrogens with zero attached hydrogens (tertiary/aromatic N) is 3. The molecule has 2 N–H and O–H groups in total. The first kappa shape index (κ1) is 14.5. The van der Waals surface area contributed by atoms with E-state index in [9.17, 15) is 0 Å². The minimum atomic E-state index is -0.197. The summed E-state index contributed by atoms with van der Waals surface area (Å²) >= 11 is 0. The molecule has 0 bridgehead atoms. The van der Waals surface area contributed by atoms with E-state index in [2.05, 4.69) is 24.0 Å². The summed E-state index contributed by atoms with van der Waals surface area (Å²) < 4.78 is 5.26. The fraction of sp³-hybridized carbons (Fsp3) is 0.467. The number of nitrogens with two attached hydrogens (primary N) is 1. The van der Waals surface area contributed by atoms with E-state index in [4.69, 9.17) is 10.3 Å². The predicted molar refractivity (Wildman–Crippen MR) is 80.4 cm³/mol. The Hall–Kier alpha value is -1.88. The third kappa shape index (κ3) is 3.36. The molecule has 0 spiro atoms. The van der Waals surface area contributed by atoms with Crippen LogP contribution in [0.2, 0.25) is 0 Å². The minimum Gasteiger partial charge on any atom is -0.378 e. The highest BCUT2D eigenvalue weighted by atomic mass is 16.5. The van der Waals surface area contributed by atoms with Crippen molar-refractivity contribution in [2.45, 2.75) is 26.3 Å². The van der Waals surface area contributed by atoms with E-state index in [1.807, 2.05) is 43.3 Å². The molecule has 1 aromatic carbocycles. The molecule has 20 heavy (non-hydrogen) atoms. The number of benzene rings is 1. The Balaban J connectivity index is 2.16. The highest BCUT2D eigenvalue weighted by molar-refractivity contribution is 5.59. The SMILES string of the molecule is CC(C)C[C@@H](N)c1nc(-c2ccc(N(C)C)cc2)no1. The summed E-state index contributed by atoms with van der Waals surface area (Å²) in [6.45, 7) is 4.24. The molecule has 0 unspecified atom stereocenters. The lowest BCUT2D eigenvalue weighted by molar-refractivity contribution is 0.335. The number of hydrogen-bond donors (Lipinski definition) is 1. The van der Waals surface area contributed by atoms with Gasteiger partial charge < -0.3 is 15.2 Å². The van der Waals surface area contributed by atoms with Crippen molar-refractivity contribution < 1.29 is 4.52 Å². The van der Waals surface area contributed by atoms with Crippen LogP contribution in [0.1, 0.15) is 32.2 Å². The second-order valence-electron chi connectivity index (χ2n) is 5.63. The van der Waals surface area contributed by atoms with E-state index in [-0.39, 0.29) is 6.04 Å². The van der Waals surface area contributed by atoms with E-state index >= 15 is 0 Å². The highest BCUT2D eigenvalue weighted by Gasteiger charge is 2.16. The van der Waals surface area contributed by atoms with Gasteiger partial charge in [0.25, 0.3) is 0 Å². The summed E-state index contributed by atoms with van der Waals surface area (Å²) in [5.41, 5.74) is 8.11. The molecule has 108 valence electrons. The molecule has 1 heterocycles. The summed E-state index contributed by atoms with van der Waals surface area (Å²) in [6, 6.07) is 7.83. The van der Waals surface area contributed by atoms with Gasteiger partial charge in [-0.05, 0) is 36.6 Å². The molecule has 0 amide bonds. The van der Waals surface area contributed by atoms with E-state index < -0.39 is 0 Å². The summed E-state index contributed by atoms with van der Waals surface area (Å²) in [6.07, 6.45) is 0.835. The van der Waals surface area contributed by atoms with Crippen molar-refractivity contribution in [1.82, 2.24) is 10.1 Å². The molecule has 0 aliphatic rings. The normalized spacial score (nSPS) is 12.7. The number of rotatable bonds is 5. The third-order valence-electron chi connectivity index (χ3n) is 3.13. The van der Waals surface area contributed by atoms with Crippen LogP contribution in [0, 0.1) is 5.92 Å². The predicted octanol–water partition coefficient (Wildman–Crippen LogP) is 2.85. The smallest absolute Gasteiger partial charge is 0.243 e. The summed E-state index contributed by atoms with van der Waals surface area (Å²) in [5, 5.41) is 4.01. The zero-order valence-electron chi connectivity index (χ0n) is 12.5. The van der Waals surface area contributed by atoms with Gasteiger partial charge in [-0.1, -0.05) is 19.0 Å². The molecule has 0 saturated carbocycles. The van der Waals surface area contributed by atoms with E-state index in [1.54, 1.807) is 0 Å². The van der Waals surface area contributed by atoms with Crippen LogP contribution in [0.3, 0.4) is 0 Å². The van der Waals surface area contributed by atoms with E-state index in [0.29, 0.717) is 17.6 Å². The second kappa shape index (κ2) is 6.05. The molecule has 1 atom stereocenters. The van der Waals surface area contributed by atoms with Crippen molar-refractivity contribution >= 4 is 5.69 Å². The van der Waals surface area contributed by atoms with Crippen molar-refractivity contribution in [2.24, 2.45) is 11.7 Å². The van der Waals surface area contributed by atoms with Crippen molar-refractivity contribution in [3.8, 4) is 11.4 Å². The molecule has 0 aliphatic carbocycles. The van der Waals surface area contributed by atoms with Gasteiger partial charge in [-0.2, -0.15) is 4.98 Å². The van der Waals surface area contributed by atoms with Gasteiger partial charge in [0.2, 0.25) is 11.7 Å². The fourth-order valence-electron chi connectivity index (χ4n) is 2.02. The molecule has 0 fully saturated rings. The number of anilines is 1. The van der Waals surface area contributed by atoms with Crippen LogP contribution in [0.4, 0.5) is 5.69 Å². The summed E-state index contributed by atoms with van der Waals surface area (Å²) in [4.78, 5) is 6.44. The topological polar surface area (TPSA) is 68.2 Å². The van der Waals surface area contributed by atoms with Gasteiger partial charge in [0.1, 0.15) is 0 Å². The number of hydrogen-bond acceptors (Lipinski definition) is 5. The molecule has 5 heteroatoms. The first-order valence-corrected chi connectivity index (χ1v) is 6.84. The number of aromatic nitrogens is 2. The van der Waals surface area contributed by atoms with Crippen LogP contribution in [0.15, 0.2) is 28.8 Å². The van der Waals surface area contributed by atoms with Gasteiger partial charge in [-0.15, -0.1) is 0 Å². The molecule has 0 saturated heterocycles. The van der Waals surface area contributed by atoms with Crippen molar-refractivity contribution in [2.75, 3.05) is 19.0 Å². The molecular weight excluding hydrogens is 252 g/mol. The quantitative estimate of drug-likeness (QED) is 0.908. The molecule has 0 aliphatic heterocycles. The maximum atomic E-state index is 6.05. The minimum absolute atomic E-state index is 0.197. The highest BCUT2D eigenvalue weighted by Crippen LogP contribution is 2.23. The Morgan fingerprint density at radius 3 is 2.40 bits per heavy atom. The Morgan fingerprint density at radius 2 is 1.85 bits per heavy atom. The lowest BCUT2D eigenvalue weighted by Gasteiger charge is -2.11. The standard InChI is InChI=1S/C15H22N4O/c1-10(2)9-13(16)15-17-14(18-20-15)11-5-7-12(8-6-11)19(3)4/h5-8,10,13H,9,16H2,1-4H3/t13-/m1/s1. The fourth-order valence-corrected chi connectivity index (χ4v) is 2.02. The Kier molecular flexibility index (Phi) is 4.39. The third-order valence-corrected chi connectivity index (χ3v) is 3.13. The van der Waals surface area contributed by atoms with Gasteiger partial charge in [-0.3, -0.25) is 0 Å². The van der Waals surface area contributed by atoms with Crippen LogP contribution in [0.25, 0.3) is 11.4 Å². The van der Waals surface area contributed by atoms with Crippen molar-refractivity contribution in [1.29, 1.82) is 0 Å². The monoisotopic (exact) mass is 274 g/mol. The Labute approximate surface area is 119 Å². The Bertz CT molecular complexity index is 545. The van der Waals surface area contributed by atoms with Gasteiger partial charge in [0.05, 0.1) is 6.04 Å². The summed E-state index contributed by atoms with van der Waals surface area (Å²) in [5.74, 6) is 1.59. The van der Waals surface area contributed by atoms with Crippen LogP contribution in [-0.2, 0) is 0 Å². The zero-order chi connectivity index (χ0) is 14.7. The van der Waals surface area contributed by atoms with Crippen LogP contribution >= 0.6 is 0 Å². The van der Waals surface area contributed by atoms with Crippen molar-refractivity contribution in [3.05, 3.63) is 30.2 Å². The molecule has 5 nitrogen and oxygen atoms in total. The molecule has 2 aromatic rings. The van der Waals surface area contributed by atoms with Gasteiger partial charge >= 0.3 is 0 Å². The van der Waals surface area contributed by atoms with Gasteiger partial charge in [-0.25, -0.2) is 0 Å². The zero-order valence-corrected chi connectivity index (χ0v) is 12.5. The van der Waals surface area contributed by atoms with E-state index in [1.165, 1.54) is 0 Å². The maximum Gasteiger partial charge on any atom is 0.243 e. The molecule has 1 aromatic heterocycles. The maximum absolute atomic E-state index is 6.05. The first-order chi connectivity index (χ1) is 9.47. The molecular formula is C15H22N4O. The van der Waals surface area contributed by atoms with E-state index in [0.717, 1.165) is 17.7 Å². The lowest BCUT2D eigenvalue weighted by Crippen LogP contribution is -2.13. The van der Waals surface area contributed by atoms with Crippen LogP contribution < -0.4 is 10.6 Å². The van der Waals surface area contributed by atoms with Crippen LogP contribution in [-0.4, -0.2) is 24.2 Å². The van der Waals surface area contributed by atoms with Gasteiger partial charge in [0, 0.05) is 25.3 Å². The molecule has 0 radical (unpaired) electrons.